The van der Waals surface area contributed by atoms with E-state index >= 15 is 0 Å². The summed E-state index contributed by atoms with van der Waals surface area (Å²) < 4.78 is 5.88. The number of pyridine rings is 1. The standard InChI is InChI=1S/C14H10N6O/c15-14-19-12-11(17-7-18-12)13(20-14)21-9-5-1-3-8-4-2-6-16-10(8)9/h1-7H,(H3,15,17,18,19,20). The first-order valence-electron chi connectivity index (χ1n) is 6.29. The van der Waals surface area contributed by atoms with Gasteiger partial charge in [-0.1, -0.05) is 18.2 Å². The number of fused-ring (bicyclic) bond motifs is 2. The third-order valence-electron chi connectivity index (χ3n) is 3.07. The molecule has 0 aliphatic heterocycles. The fourth-order valence-electron chi connectivity index (χ4n) is 2.16. The Morgan fingerprint density at radius 1 is 1.05 bits per heavy atom. The molecule has 3 N–H and O–H groups in total. The van der Waals surface area contributed by atoms with E-state index < -0.39 is 0 Å². The fraction of sp³-hybridized carbons (Fsp3) is 0. The number of aromatic amines is 1. The molecule has 0 atom stereocenters. The minimum atomic E-state index is 0.109. The van der Waals surface area contributed by atoms with Gasteiger partial charge in [0.1, 0.15) is 11.0 Å². The van der Waals surface area contributed by atoms with E-state index in [1.54, 1.807) is 6.20 Å². The Morgan fingerprint density at radius 2 is 1.95 bits per heavy atom. The van der Waals surface area contributed by atoms with Gasteiger partial charge in [0.25, 0.3) is 5.88 Å². The first kappa shape index (κ1) is 11.6. The molecular formula is C14H10N6O. The van der Waals surface area contributed by atoms with Gasteiger partial charge in [0.15, 0.2) is 11.4 Å². The molecule has 0 radical (unpaired) electrons. The second-order valence-corrected chi connectivity index (χ2v) is 4.42. The van der Waals surface area contributed by atoms with Crippen LogP contribution in [0.4, 0.5) is 5.95 Å². The molecular weight excluding hydrogens is 268 g/mol. The zero-order valence-electron chi connectivity index (χ0n) is 10.8. The fourth-order valence-corrected chi connectivity index (χ4v) is 2.16. The van der Waals surface area contributed by atoms with Gasteiger partial charge in [-0.2, -0.15) is 9.97 Å². The van der Waals surface area contributed by atoms with Crippen molar-refractivity contribution in [2.45, 2.75) is 0 Å². The summed E-state index contributed by atoms with van der Waals surface area (Å²) in [7, 11) is 0. The number of rotatable bonds is 2. The number of ether oxygens (including phenoxy) is 1. The van der Waals surface area contributed by atoms with Crippen LogP contribution < -0.4 is 10.5 Å². The highest BCUT2D eigenvalue weighted by Crippen LogP contribution is 2.30. The van der Waals surface area contributed by atoms with Crippen LogP contribution in [0.15, 0.2) is 42.9 Å². The quantitative estimate of drug-likeness (QED) is 0.583. The van der Waals surface area contributed by atoms with Gasteiger partial charge in [-0.15, -0.1) is 0 Å². The molecule has 0 spiro atoms. The largest absolute Gasteiger partial charge is 0.435 e. The molecule has 0 aliphatic rings. The Hall–Kier alpha value is -3.22. The highest BCUT2D eigenvalue weighted by atomic mass is 16.5. The number of hydrogen-bond acceptors (Lipinski definition) is 6. The van der Waals surface area contributed by atoms with Crippen LogP contribution in [0.1, 0.15) is 0 Å². The SMILES string of the molecule is Nc1nc(Oc2cccc3cccnc23)c2[nH]cnc2n1. The molecule has 0 aliphatic carbocycles. The maximum atomic E-state index is 5.88. The summed E-state index contributed by atoms with van der Waals surface area (Å²) in [5, 5.41) is 0.984. The number of benzene rings is 1. The van der Waals surface area contributed by atoms with Crippen LogP contribution in [0, 0.1) is 0 Å². The third kappa shape index (κ3) is 1.91. The summed E-state index contributed by atoms with van der Waals surface area (Å²) in [6.07, 6.45) is 3.24. The van der Waals surface area contributed by atoms with E-state index in [9.17, 15) is 0 Å². The van der Waals surface area contributed by atoms with E-state index in [2.05, 4.69) is 24.9 Å². The lowest BCUT2D eigenvalue weighted by atomic mass is 10.2. The first-order chi connectivity index (χ1) is 10.3. The van der Waals surface area contributed by atoms with E-state index in [4.69, 9.17) is 10.5 Å². The topological polar surface area (TPSA) is 103 Å². The van der Waals surface area contributed by atoms with Crippen molar-refractivity contribution in [2.24, 2.45) is 0 Å². The molecule has 102 valence electrons. The van der Waals surface area contributed by atoms with Gasteiger partial charge in [0.2, 0.25) is 5.95 Å². The second kappa shape index (κ2) is 4.41. The minimum absolute atomic E-state index is 0.109. The predicted octanol–water partition coefficient (Wildman–Crippen LogP) is 2.28. The molecule has 7 heteroatoms. The highest BCUT2D eigenvalue weighted by Gasteiger charge is 2.12. The number of nitrogen functional groups attached to an aromatic ring is 1. The average molecular weight is 278 g/mol. The number of para-hydroxylation sites is 1. The molecule has 4 rings (SSSR count). The number of anilines is 1. The van der Waals surface area contributed by atoms with Crippen molar-refractivity contribution in [3.05, 3.63) is 42.9 Å². The molecule has 3 heterocycles. The lowest BCUT2D eigenvalue weighted by molar-refractivity contribution is 0.472. The zero-order valence-corrected chi connectivity index (χ0v) is 10.8. The van der Waals surface area contributed by atoms with Gasteiger partial charge < -0.3 is 15.5 Å². The minimum Gasteiger partial charge on any atom is -0.435 e. The van der Waals surface area contributed by atoms with Gasteiger partial charge >= 0.3 is 0 Å². The molecule has 4 aromatic rings. The summed E-state index contributed by atoms with van der Waals surface area (Å²) in [4.78, 5) is 19.5. The molecule has 0 saturated heterocycles. The van der Waals surface area contributed by atoms with E-state index in [0.29, 0.717) is 22.8 Å². The number of nitrogens with two attached hydrogens (primary N) is 1. The maximum absolute atomic E-state index is 5.88. The van der Waals surface area contributed by atoms with Crippen molar-refractivity contribution in [2.75, 3.05) is 5.73 Å². The number of aromatic nitrogens is 5. The smallest absolute Gasteiger partial charge is 0.250 e. The van der Waals surface area contributed by atoms with Crippen LogP contribution in [-0.2, 0) is 0 Å². The normalized spacial score (nSPS) is 11.0. The van der Waals surface area contributed by atoms with Crippen LogP contribution in [0.3, 0.4) is 0 Å². The summed E-state index contributed by atoms with van der Waals surface area (Å²) in [5.74, 6) is 1.04. The summed E-state index contributed by atoms with van der Waals surface area (Å²) in [6, 6.07) is 9.54. The monoisotopic (exact) mass is 278 g/mol. The Bertz CT molecular complexity index is 943. The van der Waals surface area contributed by atoms with Gasteiger partial charge in [0.05, 0.1) is 6.33 Å². The van der Waals surface area contributed by atoms with E-state index in [-0.39, 0.29) is 5.95 Å². The van der Waals surface area contributed by atoms with Crippen LogP contribution in [0.25, 0.3) is 22.1 Å². The van der Waals surface area contributed by atoms with Crippen molar-refractivity contribution in [3.63, 3.8) is 0 Å². The number of imidazole rings is 1. The molecule has 0 bridgehead atoms. The molecule has 1 aromatic carbocycles. The van der Waals surface area contributed by atoms with Crippen molar-refractivity contribution < 1.29 is 4.74 Å². The molecule has 7 nitrogen and oxygen atoms in total. The Balaban J connectivity index is 1.89. The summed E-state index contributed by atoms with van der Waals surface area (Å²) >= 11 is 0. The molecule has 0 fully saturated rings. The third-order valence-corrected chi connectivity index (χ3v) is 3.07. The van der Waals surface area contributed by atoms with Crippen molar-refractivity contribution in [1.29, 1.82) is 0 Å². The number of H-pyrrole nitrogens is 1. The Morgan fingerprint density at radius 3 is 2.90 bits per heavy atom. The number of hydrogen-bond donors (Lipinski definition) is 2. The number of nitrogens with zero attached hydrogens (tertiary/aromatic N) is 4. The Kier molecular flexibility index (Phi) is 2.43. The number of nitrogens with one attached hydrogen (secondary N) is 1. The predicted molar refractivity (Wildman–Crippen MR) is 77.9 cm³/mol. The van der Waals surface area contributed by atoms with Crippen LogP contribution in [0.2, 0.25) is 0 Å². The van der Waals surface area contributed by atoms with Crippen molar-refractivity contribution in [3.8, 4) is 11.6 Å². The van der Waals surface area contributed by atoms with Crippen molar-refractivity contribution >= 4 is 28.0 Å². The second-order valence-electron chi connectivity index (χ2n) is 4.42. The summed E-state index contributed by atoms with van der Waals surface area (Å²) in [5.41, 5.74) is 7.49. The molecule has 0 unspecified atom stereocenters. The highest BCUT2D eigenvalue weighted by molar-refractivity contribution is 5.85. The van der Waals surface area contributed by atoms with Gasteiger partial charge in [-0.05, 0) is 12.1 Å². The van der Waals surface area contributed by atoms with Gasteiger partial charge in [0, 0.05) is 11.6 Å². The molecule has 3 aromatic heterocycles. The average Bonchev–Trinajstić information content (AvgIpc) is 2.96. The molecule has 0 saturated carbocycles. The molecule has 21 heavy (non-hydrogen) atoms. The van der Waals surface area contributed by atoms with E-state index in [0.717, 1.165) is 10.9 Å². The summed E-state index contributed by atoms with van der Waals surface area (Å²) in [6.45, 7) is 0. The lowest BCUT2D eigenvalue weighted by Crippen LogP contribution is -1.99. The molecule has 0 amide bonds. The van der Waals surface area contributed by atoms with Crippen LogP contribution in [0.5, 0.6) is 11.6 Å². The van der Waals surface area contributed by atoms with E-state index in [1.165, 1.54) is 6.33 Å². The van der Waals surface area contributed by atoms with Crippen LogP contribution >= 0.6 is 0 Å². The van der Waals surface area contributed by atoms with Crippen LogP contribution in [-0.4, -0.2) is 24.9 Å². The first-order valence-corrected chi connectivity index (χ1v) is 6.29. The lowest BCUT2D eigenvalue weighted by Gasteiger charge is -2.08. The maximum Gasteiger partial charge on any atom is 0.250 e. The Labute approximate surface area is 118 Å². The van der Waals surface area contributed by atoms with Gasteiger partial charge in [-0.3, -0.25) is 4.98 Å². The zero-order chi connectivity index (χ0) is 14.2. The van der Waals surface area contributed by atoms with Crippen molar-refractivity contribution in [1.82, 2.24) is 24.9 Å². The van der Waals surface area contributed by atoms with E-state index in [1.807, 2.05) is 30.3 Å². The van der Waals surface area contributed by atoms with Gasteiger partial charge in [-0.25, -0.2) is 4.98 Å².